The third kappa shape index (κ3) is 4.03. The van der Waals surface area contributed by atoms with E-state index in [-0.39, 0.29) is 17.1 Å². The molecule has 0 bridgehead atoms. The molecular weight excluding hydrogens is 330 g/mol. The van der Waals surface area contributed by atoms with Crippen LogP contribution in [-0.4, -0.2) is 48.3 Å². The summed E-state index contributed by atoms with van der Waals surface area (Å²) in [5.74, 6) is 0. The van der Waals surface area contributed by atoms with E-state index < -0.39 is 26.8 Å². The Morgan fingerprint density at radius 2 is 2.17 bits per heavy atom. The topological polar surface area (TPSA) is 100 Å². The Hall–Kier alpha value is -2.14. The molecule has 7 nitrogen and oxygen atoms in total. The van der Waals surface area contributed by atoms with Crippen molar-refractivity contribution < 1.29 is 17.9 Å². The number of nitriles is 1. The van der Waals surface area contributed by atoms with E-state index in [0.717, 1.165) is 0 Å². The standard InChI is InChI=1S/C16H21N3O4S/c1-16(2,3)23-15(20)19-9-5-7-13(11-19)24(21,22)14-12(10-17)6-4-8-18-14/h4,6,8,13H,5,7,9,11H2,1-3H3/t13-/m0/s1. The first-order valence-corrected chi connectivity index (χ1v) is 9.27. The lowest BCUT2D eigenvalue weighted by Crippen LogP contribution is -2.47. The van der Waals surface area contributed by atoms with Crippen LogP contribution >= 0.6 is 0 Å². The molecule has 1 saturated heterocycles. The van der Waals surface area contributed by atoms with E-state index >= 15 is 0 Å². The maximum Gasteiger partial charge on any atom is 0.410 e. The minimum absolute atomic E-state index is 0.0203. The molecule has 0 aliphatic carbocycles. The number of aromatic nitrogens is 1. The van der Waals surface area contributed by atoms with Crippen molar-refractivity contribution in [2.45, 2.75) is 49.5 Å². The Bertz CT molecular complexity index is 762. The highest BCUT2D eigenvalue weighted by Crippen LogP contribution is 2.25. The van der Waals surface area contributed by atoms with Crippen LogP contribution < -0.4 is 0 Å². The highest BCUT2D eigenvalue weighted by atomic mass is 32.2. The number of likely N-dealkylation sites (tertiary alicyclic amines) is 1. The Morgan fingerprint density at radius 1 is 1.46 bits per heavy atom. The fraction of sp³-hybridized carbons (Fsp3) is 0.562. The number of hydrogen-bond donors (Lipinski definition) is 0. The van der Waals surface area contributed by atoms with Gasteiger partial charge in [0, 0.05) is 19.3 Å². The number of nitrogens with zero attached hydrogens (tertiary/aromatic N) is 3. The van der Waals surface area contributed by atoms with E-state index in [4.69, 9.17) is 10.00 Å². The number of hydrogen-bond acceptors (Lipinski definition) is 6. The smallest absolute Gasteiger partial charge is 0.410 e. The van der Waals surface area contributed by atoms with Crippen molar-refractivity contribution in [1.29, 1.82) is 5.26 Å². The summed E-state index contributed by atoms with van der Waals surface area (Å²) in [6, 6.07) is 4.80. The zero-order valence-electron chi connectivity index (χ0n) is 14.0. The van der Waals surface area contributed by atoms with Gasteiger partial charge in [0.25, 0.3) is 0 Å². The Labute approximate surface area is 142 Å². The molecule has 1 atom stereocenters. The van der Waals surface area contributed by atoms with Crippen molar-refractivity contribution in [3.63, 3.8) is 0 Å². The first-order valence-electron chi connectivity index (χ1n) is 7.72. The highest BCUT2D eigenvalue weighted by molar-refractivity contribution is 7.92. The lowest BCUT2D eigenvalue weighted by atomic mass is 10.1. The van der Waals surface area contributed by atoms with Crippen LogP contribution in [0.2, 0.25) is 0 Å². The van der Waals surface area contributed by atoms with Gasteiger partial charge in [-0.3, -0.25) is 0 Å². The van der Waals surface area contributed by atoms with Gasteiger partial charge in [0.1, 0.15) is 11.7 Å². The lowest BCUT2D eigenvalue weighted by molar-refractivity contribution is 0.0219. The number of sulfone groups is 1. The van der Waals surface area contributed by atoms with E-state index in [9.17, 15) is 13.2 Å². The predicted molar refractivity (Wildman–Crippen MR) is 87.0 cm³/mol. The molecule has 1 fully saturated rings. The third-order valence-corrected chi connectivity index (χ3v) is 5.76. The molecule has 0 aromatic carbocycles. The van der Waals surface area contributed by atoms with Crippen LogP contribution in [-0.2, 0) is 14.6 Å². The fourth-order valence-corrected chi connectivity index (χ4v) is 4.34. The summed E-state index contributed by atoms with van der Waals surface area (Å²) in [4.78, 5) is 17.5. The average Bonchev–Trinajstić information content (AvgIpc) is 2.53. The van der Waals surface area contributed by atoms with E-state index in [0.29, 0.717) is 19.4 Å². The van der Waals surface area contributed by atoms with Crippen molar-refractivity contribution in [1.82, 2.24) is 9.88 Å². The molecule has 2 heterocycles. The maximum absolute atomic E-state index is 12.8. The van der Waals surface area contributed by atoms with Gasteiger partial charge >= 0.3 is 6.09 Å². The summed E-state index contributed by atoms with van der Waals surface area (Å²) < 4.78 is 31.0. The van der Waals surface area contributed by atoms with Crippen LogP contribution in [0, 0.1) is 11.3 Å². The summed E-state index contributed by atoms with van der Waals surface area (Å²) in [6.07, 6.45) is 1.80. The molecule has 8 heteroatoms. The molecule has 0 unspecified atom stereocenters. The van der Waals surface area contributed by atoms with Crippen molar-refractivity contribution in [2.75, 3.05) is 13.1 Å². The molecule has 24 heavy (non-hydrogen) atoms. The van der Waals surface area contributed by atoms with Gasteiger partial charge in [-0.15, -0.1) is 0 Å². The van der Waals surface area contributed by atoms with Crippen molar-refractivity contribution in [3.05, 3.63) is 23.9 Å². The number of pyridine rings is 1. The average molecular weight is 351 g/mol. The van der Waals surface area contributed by atoms with Gasteiger partial charge in [-0.2, -0.15) is 5.26 Å². The van der Waals surface area contributed by atoms with Crippen molar-refractivity contribution >= 4 is 15.9 Å². The monoisotopic (exact) mass is 351 g/mol. The summed E-state index contributed by atoms with van der Waals surface area (Å²) >= 11 is 0. The second-order valence-corrected chi connectivity index (χ2v) is 8.85. The number of carbonyl (C=O) groups is 1. The molecule has 0 radical (unpaired) electrons. The molecule has 0 spiro atoms. The first kappa shape index (κ1) is 18.2. The molecule has 1 amide bonds. The van der Waals surface area contributed by atoms with Crippen molar-refractivity contribution in [3.8, 4) is 6.07 Å². The SMILES string of the molecule is CC(C)(C)OC(=O)N1CCC[C@H](S(=O)(=O)c2ncccc2C#N)C1. The zero-order valence-corrected chi connectivity index (χ0v) is 14.8. The minimum atomic E-state index is -3.80. The molecule has 130 valence electrons. The summed E-state index contributed by atoms with van der Waals surface area (Å²) in [5, 5.41) is 8.10. The molecule has 0 saturated carbocycles. The van der Waals surface area contributed by atoms with Gasteiger partial charge in [0.2, 0.25) is 9.84 Å². The number of ether oxygens (including phenoxy) is 1. The zero-order chi connectivity index (χ0) is 18.0. The quantitative estimate of drug-likeness (QED) is 0.809. The molecule has 2 rings (SSSR count). The fourth-order valence-electron chi connectivity index (χ4n) is 2.54. The summed E-state index contributed by atoms with van der Waals surface area (Å²) in [6.45, 7) is 5.77. The number of piperidine rings is 1. The molecule has 1 aliphatic heterocycles. The predicted octanol–water partition coefficient (Wildman–Crippen LogP) is 2.13. The number of carbonyl (C=O) groups excluding carboxylic acids is 1. The molecule has 0 N–H and O–H groups in total. The van der Waals surface area contributed by atoms with Gasteiger partial charge in [0.05, 0.1) is 10.8 Å². The largest absolute Gasteiger partial charge is 0.444 e. The van der Waals surface area contributed by atoms with Crippen LogP contribution in [0.25, 0.3) is 0 Å². The van der Waals surface area contributed by atoms with Crippen LogP contribution in [0.3, 0.4) is 0 Å². The number of amides is 1. The van der Waals surface area contributed by atoms with Gasteiger partial charge in [-0.25, -0.2) is 18.2 Å². The molecular formula is C16H21N3O4S. The van der Waals surface area contributed by atoms with Gasteiger partial charge in [0.15, 0.2) is 5.03 Å². The Kier molecular flexibility index (Phi) is 5.13. The summed E-state index contributed by atoms with van der Waals surface area (Å²) in [5.41, 5.74) is -0.621. The maximum atomic E-state index is 12.8. The van der Waals surface area contributed by atoms with E-state index in [1.165, 1.54) is 23.2 Å². The summed E-state index contributed by atoms with van der Waals surface area (Å²) in [7, 11) is -3.80. The lowest BCUT2D eigenvalue weighted by Gasteiger charge is -2.33. The highest BCUT2D eigenvalue weighted by Gasteiger charge is 2.37. The Morgan fingerprint density at radius 3 is 2.79 bits per heavy atom. The van der Waals surface area contributed by atoms with Gasteiger partial charge in [-0.1, -0.05) is 0 Å². The second-order valence-electron chi connectivity index (χ2n) is 6.70. The van der Waals surface area contributed by atoms with Crippen LogP contribution in [0.1, 0.15) is 39.2 Å². The molecule has 1 aromatic heterocycles. The third-order valence-electron chi connectivity index (χ3n) is 3.63. The number of rotatable bonds is 2. The van der Waals surface area contributed by atoms with Crippen LogP contribution in [0.15, 0.2) is 23.4 Å². The Balaban J connectivity index is 2.23. The van der Waals surface area contributed by atoms with Crippen LogP contribution in [0.5, 0.6) is 0 Å². The normalized spacial score (nSPS) is 18.8. The van der Waals surface area contributed by atoms with Gasteiger partial charge < -0.3 is 9.64 Å². The minimum Gasteiger partial charge on any atom is -0.444 e. The van der Waals surface area contributed by atoms with Gasteiger partial charge in [-0.05, 0) is 45.7 Å². The molecule has 1 aliphatic rings. The van der Waals surface area contributed by atoms with E-state index in [2.05, 4.69) is 4.98 Å². The van der Waals surface area contributed by atoms with Crippen LogP contribution in [0.4, 0.5) is 4.79 Å². The van der Waals surface area contributed by atoms with E-state index in [1.54, 1.807) is 20.8 Å². The molecule has 1 aromatic rings. The first-order chi connectivity index (χ1) is 11.1. The van der Waals surface area contributed by atoms with Crippen molar-refractivity contribution in [2.24, 2.45) is 0 Å². The second kappa shape index (κ2) is 6.77. The van der Waals surface area contributed by atoms with E-state index in [1.807, 2.05) is 6.07 Å².